The molecule has 0 saturated heterocycles. The molecule has 0 aliphatic rings. The summed E-state index contributed by atoms with van der Waals surface area (Å²) in [6, 6.07) is 4.99. The highest BCUT2D eigenvalue weighted by Crippen LogP contribution is 2.22. The largest absolute Gasteiger partial charge is 0.478 e. The topological polar surface area (TPSA) is 138 Å². The minimum absolute atomic E-state index is 0.0838. The summed E-state index contributed by atoms with van der Waals surface area (Å²) in [4.78, 5) is 10.6. The summed E-state index contributed by atoms with van der Waals surface area (Å²) in [5.41, 5.74) is 6.17. The first-order valence-electron chi connectivity index (χ1n) is 6.03. The molecule has 2 aromatic rings. The number of H-pyrrole nitrogens is 1. The van der Waals surface area contributed by atoms with Crippen LogP contribution in [-0.4, -0.2) is 29.7 Å². The lowest BCUT2D eigenvalue weighted by molar-refractivity contribution is 0.0697. The van der Waals surface area contributed by atoms with Crippen molar-refractivity contribution in [3.05, 3.63) is 35.5 Å². The van der Waals surface area contributed by atoms with E-state index in [0.717, 1.165) is 17.8 Å². The van der Waals surface area contributed by atoms with E-state index < -0.39 is 16.0 Å². The molecule has 1 aromatic heterocycles. The highest BCUT2D eigenvalue weighted by atomic mass is 32.2. The van der Waals surface area contributed by atoms with Gasteiger partial charge in [0, 0.05) is 11.8 Å². The Morgan fingerprint density at radius 3 is 2.67 bits per heavy atom. The lowest BCUT2D eigenvalue weighted by Crippen LogP contribution is -2.15. The molecule has 2 rings (SSSR count). The van der Waals surface area contributed by atoms with Crippen molar-refractivity contribution < 1.29 is 18.3 Å². The zero-order valence-electron chi connectivity index (χ0n) is 11.1. The Morgan fingerprint density at radius 2 is 2.14 bits per heavy atom. The summed E-state index contributed by atoms with van der Waals surface area (Å²) in [7, 11) is -3.93. The third-order valence-corrected chi connectivity index (χ3v) is 4.23. The van der Waals surface area contributed by atoms with Gasteiger partial charge in [-0.2, -0.15) is 5.10 Å². The Balaban J connectivity index is 2.33. The van der Waals surface area contributed by atoms with Gasteiger partial charge in [-0.15, -0.1) is 0 Å². The van der Waals surface area contributed by atoms with Gasteiger partial charge in [-0.05, 0) is 24.6 Å². The van der Waals surface area contributed by atoms with Crippen LogP contribution in [0.15, 0.2) is 29.2 Å². The standard InChI is InChI=1S/C12H14N4O4S/c1-2-8-6-11(15-14-8)16-21(19,20)10-4-3-7(12(17)18)5-9(10)13/h3-6H,2,13H2,1H3,(H,17,18)(H2,14,15,16). The third-order valence-electron chi connectivity index (χ3n) is 2.80. The number of carboxylic acid groups (broad SMARTS) is 1. The van der Waals surface area contributed by atoms with Gasteiger partial charge in [0.05, 0.1) is 11.3 Å². The van der Waals surface area contributed by atoms with Crippen LogP contribution in [0.5, 0.6) is 0 Å². The number of anilines is 2. The van der Waals surface area contributed by atoms with Crippen LogP contribution in [0.25, 0.3) is 0 Å². The number of sulfonamides is 1. The zero-order valence-corrected chi connectivity index (χ0v) is 11.9. The smallest absolute Gasteiger partial charge is 0.335 e. The molecule has 0 radical (unpaired) electrons. The third kappa shape index (κ3) is 3.14. The van der Waals surface area contributed by atoms with E-state index in [1.54, 1.807) is 6.07 Å². The molecule has 0 saturated carbocycles. The van der Waals surface area contributed by atoms with E-state index in [-0.39, 0.29) is 22.0 Å². The van der Waals surface area contributed by atoms with Gasteiger partial charge in [-0.25, -0.2) is 13.2 Å². The van der Waals surface area contributed by atoms with Gasteiger partial charge in [-0.3, -0.25) is 9.82 Å². The fourth-order valence-corrected chi connectivity index (χ4v) is 2.82. The Kier molecular flexibility index (Phi) is 3.85. The fraction of sp³-hybridized carbons (Fsp3) is 0.167. The maximum atomic E-state index is 12.2. The molecule has 0 aliphatic carbocycles. The number of benzene rings is 1. The predicted octanol–water partition coefficient (Wildman–Crippen LogP) is 1.05. The van der Waals surface area contributed by atoms with Crippen molar-refractivity contribution in [1.29, 1.82) is 0 Å². The van der Waals surface area contributed by atoms with E-state index in [4.69, 9.17) is 10.8 Å². The van der Waals surface area contributed by atoms with Crippen LogP contribution >= 0.6 is 0 Å². The van der Waals surface area contributed by atoms with E-state index in [9.17, 15) is 13.2 Å². The fourth-order valence-electron chi connectivity index (χ4n) is 1.71. The van der Waals surface area contributed by atoms with E-state index in [2.05, 4.69) is 14.9 Å². The molecule has 1 heterocycles. The Labute approximate surface area is 121 Å². The highest BCUT2D eigenvalue weighted by Gasteiger charge is 2.20. The molecule has 8 nitrogen and oxygen atoms in total. The van der Waals surface area contributed by atoms with Crippen LogP contribution in [0.4, 0.5) is 11.5 Å². The normalized spacial score (nSPS) is 11.3. The Morgan fingerprint density at radius 1 is 1.43 bits per heavy atom. The molecule has 9 heteroatoms. The zero-order chi connectivity index (χ0) is 15.6. The van der Waals surface area contributed by atoms with E-state index >= 15 is 0 Å². The monoisotopic (exact) mass is 310 g/mol. The number of aromatic nitrogens is 2. The number of hydrogen-bond acceptors (Lipinski definition) is 5. The quantitative estimate of drug-likeness (QED) is 0.609. The van der Waals surface area contributed by atoms with Crippen molar-refractivity contribution in [2.24, 2.45) is 0 Å². The first-order valence-corrected chi connectivity index (χ1v) is 7.51. The van der Waals surface area contributed by atoms with Gasteiger partial charge < -0.3 is 10.8 Å². The first-order chi connectivity index (χ1) is 9.83. The summed E-state index contributed by atoms with van der Waals surface area (Å²) in [5.74, 6) is -1.04. The van der Waals surface area contributed by atoms with Crippen molar-refractivity contribution >= 4 is 27.5 Å². The summed E-state index contributed by atoms with van der Waals surface area (Å²) in [6.45, 7) is 1.90. The number of carboxylic acids is 1. The van der Waals surface area contributed by atoms with Crippen molar-refractivity contribution in [3.8, 4) is 0 Å². The van der Waals surface area contributed by atoms with Crippen LogP contribution in [0.3, 0.4) is 0 Å². The molecular weight excluding hydrogens is 296 g/mol. The maximum absolute atomic E-state index is 12.2. The van der Waals surface area contributed by atoms with Gasteiger partial charge >= 0.3 is 5.97 Å². The van der Waals surface area contributed by atoms with Crippen LogP contribution in [-0.2, 0) is 16.4 Å². The predicted molar refractivity (Wildman–Crippen MR) is 76.6 cm³/mol. The molecular formula is C12H14N4O4S. The molecule has 5 N–H and O–H groups in total. The Bertz CT molecular complexity index is 782. The summed E-state index contributed by atoms with van der Waals surface area (Å²) in [6.07, 6.45) is 0.685. The van der Waals surface area contributed by atoms with Gasteiger partial charge in [0.15, 0.2) is 5.82 Å². The average Bonchev–Trinajstić information content (AvgIpc) is 2.85. The minimum atomic E-state index is -3.93. The van der Waals surface area contributed by atoms with Gasteiger partial charge in [0.1, 0.15) is 4.90 Å². The van der Waals surface area contributed by atoms with Crippen molar-refractivity contribution in [2.45, 2.75) is 18.2 Å². The molecule has 0 fully saturated rings. The number of hydrogen-bond donors (Lipinski definition) is 4. The van der Waals surface area contributed by atoms with Crippen molar-refractivity contribution in [3.63, 3.8) is 0 Å². The summed E-state index contributed by atoms with van der Waals surface area (Å²) in [5, 5.41) is 15.3. The number of aromatic carboxylic acids is 1. The van der Waals surface area contributed by atoms with Crippen LogP contribution in [0, 0.1) is 0 Å². The average molecular weight is 310 g/mol. The van der Waals surface area contributed by atoms with Gasteiger partial charge in [-0.1, -0.05) is 6.92 Å². The molecule has 0 amide bonds. The molecule has 1 aromatic carbocycles. The van der Waals surface area contributed by atoms with Crippen molar-refractivity contribution in [2.75, 3.05) is 10.5 Å². The van der Waals surface area contributed by atoms with Crippen LogP contribution in [0.1, 0.15) is 23.0 Å². The second-order valence-electron chi connectivity index (χ2n) is 4.30. The summed E-state index contributed by atoms with van der Waals surface area (Å²) >= 11 is 0. The number of aryl methyl sites for hydroxylation is 1. The number of nitrogens with two attached hydrogens (primary N) is 1. The summed E-state index contributed by atoms with van der Waals surface area (Å²) < 4.78 is 26.7. The van der Waals surface area contributed by atoms with E-state index in [1.807, 2.05) is 6.92 Å². The number of nitrogen functional groups attached to an aromatic ring is 1. The number of nitrogens with zero attached hydrogens (tertiary/aromatic N) is 1. The lowest BCUT2D eigenvalue weighted by Gasteiger charge is -2.08. The number of carbonyl (C=O) groups is 1. The number of nitrogens with one attached hydrogen (secondary N) is 2. The second-order valence-corrected chi connectivity index (χ2v) is 5.95. The first kappa shape index (κ1) is 14.9. The molecule has 0 unspecified atom stereocenters. The van der Waals surface area contributed by atoms with E-state index in [0.29, 0.717) is 6.42 Å². The van der Waals surface area contributed by atoms with Gasteiger partial charge in [0.25, 0.3) is 10.0 Å². The molecule has 0 bridgehead atoms. The van der Waals surface area contributed by atoms with E-state index in [1.165, 1.54) is 6.07 Å². The maximum Gasteiger partial charge on any atom is 0.335 e. The SMILES string of the molecule is CCc1cc(NS(=O)(=O)c2ccc(C(=O)O)cc2N)n[nH]1. The van der Waals surface area contributed by atoms with Crippen LogP contribution < -0.4 is 10.5 Å². The van der Waals surface area contributed by atoms with Crippen molar-refractivity contribution in [1.82, 2.24) is 10.2 Å². The minimum Gasteiger partial charge on any atom is -0.478 e. The lowest BCUT2D eigenvalue weighted by atomic mass is 10.2. The molecule has 0 atom stereocenters. The van der Waals surface area contributed by atoms with Crippen LogP contribution in [0.2, 0.25) is 0 Å². The second kappa shape index (κ2) is 5.44. The van der Waals surface area contributed by atoms with Gasteiger partial charge in [0.2, 0.25) is 0 Å². The number of aromatic amines is 1. The number of rotatable bonds is 5. The highest BCUT2D eigenvalue weighted by molar-refractivity contribution is 7.92. The molecule has 0 aliphatic heterocycles. The molecule has 0 spiro atoms. The Hall–Kier alpha value is -2.55. The molecule has 21 heavy (non-hydrogen) atoms. The molecule has 112 valence electrons.